The van der Waals surface area contributed by atoms with Gasteiger partial charge in [0, 0.05) is 49.4 Å². The van der Waals surface area contributed by atoms with Crippen LogP contribution in [-0.4, -0.2) is 51.0 Å². The van der Waals surface area contributed by atoms with Crippen molar-refractivity contribution in [3.05, 3.63) is 42.5 Å². The molecule has 0 spiro atoms. The zero-order valence-electron chi connectivity index (χ0n) is 18.0. The number of carbonyl (C=O) groups is 2. The van der Waals surface area contributed by atoms with E-state index in [1.165, 1.54) is 4.31 Å². The lowest BCUT2D eigenvalue weighted by molar-refractivity contribution is -0.121. The molecule has 2 aromatic carbocycles. The van der Waals surface area contributed by atoms with E-state index in [1.54, 1.807) is 47.4 Å². The van der Waals surface area contributed by atoms with Crippen LogP contribution in [0.4, 0.5) is 11.4 Å². The number of nitrogens with one attached hydrogen (secondary N) is 1. The second-order valence-electron chi connectivity index (χ2n) is 8.38. The number of carbonyl (C=O) groups excluding carboxylic acids is 2. The Morgan fingerprint density at radius 2 is 1.70 bits per heavy atom. The first-order chi connectivity index (χ1) is 15.9. The highest BCUT2D eigenvalue weighted by molar-refractivity contribution is 7.89. The van der Waals surface area contributed by atoms with Crippen LogP contribution in [0, 0.1) is 5.92 Å². The van der Waals surface area contributed by atoms with Crippen LogP contribution >= 0.6 is 0 Å². The summed E-state index contributed by atoms with van der Waals surface area (Å²) in [5.41, 5.74) is 1.34. The van der Waals surface area contributed by atoms with Crippen molar-refractivity contribution in [2.75, 3.05) is 36.6 Å². The minimum atomic E-state index is -3.66. The lowest BCUT2D eigenvalue weighted by atomic mass is 9.97. The number of rotatable bonds is 5. The molecule has 1 N–H and O–H groups in total. The average molecular weight is 472 g/mol. The smallest absolute Gasteiger partial charge is 0.243 e. The third-order valence-corrected chi connectivity index (χ3v) is 8.24. The fourth-order valence-electron chi connectivity index (χ4n) is 4.45. The Morgan fingerprint density at radius 1 is 0.970 bits per heavy atom. The van der Waals surface area contributed by atoms with E-state index in [4.69, 9.17) is 9.47 Å². The minimum absolute atomic E-state index is 0.0618. The van der Waals surface area contributed by atoms with Crippen LogP contribution in [0.2, 0.25) is 0 Å². The monoisotopic (exact) mass is 471 g/mol. The van der Waals surface area contributed by atoms with Gasteiger partial charge in [-0.1, -0.05) is 0 Å². The number of anilines is 2. The maximum Gasteiger partial charge on any atom is 0.243 e. The van der Waals surface area contributed by atoms with E-state index in [-0.39, 0.29) is 42.5 Å². The highest BCUT2D eigenvalue weighted by Gasteiger charge is 2.32. The predicted octanol–water partition coefficient (Wildman–Crippen LogP) is 2.58. The molecule has 0 unspecified atom stereocenters. The molecule has 0 aliphatic carbocycles. The molecule has 9 nitrogen and oxygen atoms in total. The number of ether oxygens (including phenoxy) is 2. The highest BCUT2D eigenvalue weighted by atomic mass is 32.2. The molecule has 0 radical (unpaired) electrons. The SMILES string of the molecule is O=C(Nc1ccc2c(c1)OCO2)C1CCN(S(=O)(=O)c2ccc(N3CCCC3=O)cc2)CC1. The summed E-state index contributed by atoms with van der Waals surface area (Å²) < 4.78 is 38.2. The van der Waals surface area contributed by atoms with Gasteiger partial charge in [-0.05, 0) is 55.7 Å². The van der Waals surface area contributed by atoms with Gasteiger partial charge in [0.1, 0.15) is 0 Å². The second kappa shape index (κ2) is 8.68. The van der Waals surface area contributed by atoms with Crippen LogP contribution < -0.4 is 19.7 Å². The first-order valence-electron chi connectivity index (χ1n) is 11.0. The molecule has 33 heavy (non-hydrogen) atoms. The largest absolute Gasteiger partial charge is 0.454 e. The zero-order valence-corrected chi connectivity index (χ0v) is 18.8. The molecule has 0 saturated carbocycles. The zero-order chi connectivity index (χ0) is 23.0. The lowest BCUT2D eigenvalue weighted by Crippen LogP contribution is -2.41. The first kappa shape index (κ1) is 21.7. The Labute approximate surface area is 192 Å². The molecule has 5 rings (SSSR count). The number of hydrogen-bond donors (Lipinski definition) is 1. The third kappa shape index (κ3) is 4.28. The fourth-order valence-corrected chi connectivity index (χ4v) is 5.91. The molecule has 174 valence electrons. The molecule has 10 heteroatoms. The maximum atomic E-state index is 13.1. The van der Waals surface area contributed by atoms with E-state index < -0.39 is 10.0 Å². The summed E-state index contributed by atoms with van der Waals surface area (Å²) in [6, 6.07) is 11.7. The normalized spacial score (nSPS) is 19.2. The number of benzene rings is 2. The van der Waals surface area contributed by atoms with Gasteiger partial charge in [-0.25, -0.2) is 8.42 Å². The Morgan fingerprint density at radius 3 is 2.39 bits per heavy atom. The van der Waals surface area contributed by atoms with E-state index in [0.29, 0.717) is 43.0 Å². The van der Waals surface area contributed by atoms with E-state index in [2.05, 4.69) is 5.32 Å². The van der Waals surface area contributed by atoms with Crippen molar-refractivity contribution >= 4 is 33.2 Å². The summed E-state index contributed by atoms with van der Waals surface area (Å²) in [7, 11) is -3.66. The van der Waals surface area contributed by atoms with Crippen molar-refractivity contribution in [2.45, 2.75) is 30.6 Å². The molecular formula is C23H25N3O6S. The second-order valence-corrected chi connectivity index (χ2v) is 10.3. The third-order valence-electron chi connectivity index (χ3n) is 6.32. The number of amides is 2. The van der Waals surface area contributed by atoms with Crippen LogP contribution in [0.3, 0.4) is 0 Å². The Kier molecular flexibility index (Phi) is 5.71. The molecular weight excluding hydrogens is 446 g/mol. The van der Waals surface area contributed by atoms with Crippen molar-refractivity contribution < 1.29 is 27.5 Å². The molecule has 2 fully saturated rings. The summed E-state index contributed by atoms with van der Waals surface area (Å²) in [6.45, 7) is 1.37. The fraction of sp³-hybridized carbons (Fsp3) is 0.391. The first-order valence-corrected chi connectivity index (χ1v) is 12.5. The Hall–Kier alpha value is -3.11. The number of hydrogen-bond acceptors (Lipinski definition) is 6. The number of nitrogens with zero attached hydrogens (tertiary/aromatic N) is 2. The molecule has 0 atom stereocenters. The molecule has 0 aromatic heterocycles. The van der Waals surface area contributed by atoms with Gasteiger partial charge in [0.25, 0.3) is 0 Å². The molecule has 2 amide bonds. The van der Waals surface area contributed by atoms with Crippen LogP contribution in [-0.2, 0) is 19.6 Å². The summed E-state index contributed by atoms with van der Waals surface area (Å²) in [5, 5.41) is 2.89. The molecule has 2 saturated heterocycles. The standard InChI is InChI=1S/C23H25N3O6S/c27-22-2-1-11-26(22)18-4-6-19(7-5-18)33(29,30)25-12-9-16(10-13-25)23(28)24-17-3-8-20-21(14-17)32-15-31-20/h3-8,14,16H,1-2,9-13,15H2,(H,24,28). The van der Waals surface area contributed by atoms with Gasteiger partial charge in [0.15, 0.2) is 11.5 Å². The van der Waals surface area contributed by atoms with E-state index in [0.717, 1.165) is 12.1 Å². The van der Waals surface area contributed by atoms with Crippen molar-refractivity contribution in [2.24, 2.45) is 5.92 Å². The lowest BCUT2D eigenvalue weighted by Gasteiger charge is -2.30. The van der Waals surface area contributed by atoms with Gasteiger partial charge in [0.05, 0.1) is 4.90 Å². The van der Waals surface area contributed by atoms with E-state index in [1.807, 2.05) is 0 Å². The number of sulfonamides is 1. The van der Waals surface area contributed by atoms with Crippen molar-refractivity contribution in [1.29, 1.82) is 0 Å². The van der Waals surface area contributed by atoms with Crippen LogP contribution in [0.25, 0.3) is 0 Å². The van der Waals surface area contributed by atoms with Gasteiger partial charge >= 0.3 is 0 Å². The van der Waals surface area contributed by atoms with Gasteiger partial charge < -0.3 is 19.7 Å². The van der Waals surface area contributed by atoms with Gasteiger partial charge in [-0.15, -0.1) is 0 Å². The average Bonchev–Trinajstić information content (AvgIpc) is 3.47. The van der Waals surface area contributed by atoms with E-state index in [9.17, 15) is 18.0 Å². The van der Waals surface area contributed by atoms with Crippen molar-refractivity contribution in [1.82, 2.24) is 4.31 Å². The summed E-state index contributed by atoms with van der Waals surface area (Å²) in [4.78, 5) is 26.5. The van der Waals surface area contributed by atoms with Gasteiger partial charge in [-0.3, -0.25) is 9.59 Å². The molecule has 3 heterocycles. The summed E-state index contributed by atoms with van der Waals surface area (Å²) in [6.07, 6.45) is 2.22. The van der Waals surface area contributed by atoms with Crippen LogP contribution in [0.15, 0.2) is 47.4 Å². The Balaban J connectivity index is 1.19. The molecule has 0 bridgehead atoms. The highest BCUT2D eigenvalue weighted by Crippen LogP contribution is 2.34. The summed E-state index contributed by atoms with van der Waals surface area (Å²) in [5.74, 6) is 0.892. The van der Waals surface area contributed by atoms with Gasteiger partial charge in [0.2, 0.25) is 28.6 Å². The van der Waals surface area contributed by atoms with Crippen LogP contribution in [0.5, 0.6) is 11.5 Å². The topological polar surface area (TPSA) is 105 Å². The molecule has 3 aliphatic heterocycles. The molecule has 2 aromatic rings. The maximum absolute atomic E-state index is 13.1. The number of piperidine rings is 1. The van der Waals surface area contributed by atoms with Crippen molar-refractivity contribution in [3.63, 3.8) is 0 Å². The minimum Gasteiger partial charge on any atom is -0.454 e. The number of fused-ring (bicyclic) bond motifs is 1. The van der Waals surface area contributed by atoms with Crippen LogP contribution in [0.1, 0.15) is 25.7 Å². The summed E-state index contributed by atoms with van der Waals surface area (Å²) >= 11 is 0. The quantitative estimate of drug-likeness (QED) is 0.719. The predicted molar refractivity (Wildman–Crippen MR) is 121 cm³/mol. The van der Waals surface area contributed by atoms with Gasteiger partial charge in [-0.2, -0.15) is 4.31 Å². The molecule has 3 aliphatic rings. The Bertz CT molecular complexity index is 1170. The van der Waals surface area contributed by atoms with Crippen molar-refractivity contribution in [3.8, 4) is 11.5 Å². The van der Waals surface area contributed by atoms with E-state index >= 15 is 0 Å².